The summed E-state index contributed by atoms with van der Waals surface area (Å²) in [6, 6.07) is 5.54. The first-order valence-corrected chi connectivity index (χ1v) is 5.30. The zero-order chi connectivity index (χ0) is 12.4. The number of rotatable bonds is 1. The largest absolute Gasteiger partial charge is 0.494 e. The molecule has 0 N–H and O–H groups in total. The Morgan fingerprint density at radius 2 is 2.06 bits per heavy atom. The van der Waals surface area contributed by atoms with E-state index in [4.69, 9.17) is 15.3 Å². The molecule has 0 unspecified atom stereocenters. The number of carbonyl (C=O) groups is 1. The number of hydrogen-bond acceptors (Lipinski definition) is 4. The van der Waals surface area contributed by atoms with Crippen LogP contribution in [0.15, 0.2) is 6.07 Å². The summed E-state index contributed by atoms with van der Waals surface area (Å²) in [5.41, 5.74) is 1.80. The van der Waals surface area contributed by atoms with Crippen molar-refractivity contribution < 1.29 is 9.53 Å². The van der Waals surface area contributed by atoms with Crippen LogP contribution in [0.1, 0.15) is 39.9 Å². The number of ketones is 1. The SMILES string of the molecule is COc1c(C#N)cc2c(c1C#N)CCCC2=O. The molecular weight excluding hydrogens is 216 g/mol. The fourth-order valence-corrected chi connectivity index (χ4v) is 2.19. The quantitative estimate of drug-likeness (QED) is 0.733. The number of methoxy groups -OCH3 is 1. The van der Waals surface area contributed by atoms with Gasteiger partial charge >= 0.3 is 0 Å². The van der Waals surface area contributed by atoms with E-state index in [9.17, 15) is 4.79 Å². The monoisotopic (exact) mass is 226 g/mol. The lowest BCUT2D eigenvalue weighted by molar-refractivity contribution is 0.0972. The van der Waals surface area contributed by atoms with Crippen LogP contribution in [0, 0.1) is 22.7 Å². The van der Waals surface area contributed by atoms with Gasteiger partial charge in [0.2, 0.25) is 0 Å². The molecule has 0 radical (unpaired) electrons. The molecule has 0 atom stereocenters. The lowest BCUT2D eigenvalue weighted by Crippen LogP contribution is -2.14. The molecule has 0 aliphatic heterocycles. The van der Waals surface area contributed by atoms with Crippen LogP contribution in [0.2, 0.25) is 0 Å². The highest BCUT2D eigenvalue weighted by molar-refractivity contribution is 6.00. The molecule has 17 heavy (non-hydrogen) atoms. The molecule has 4 heteroatoms. The first-order valence-electron chi connectivity index (χ1n) is 5.30. The maximum Gasteiger partial charge on any atom is 0.163 e. The Labute approximate surface area is 99.0 Å². The van der Waals surface area contributed by atoms with Crippen LogP contribution < -0.4 is 4.74 Å². The average Bonchev–Trinajstić information content (AvgIpc) is 2.36. The molecule has 0 amide bonds. The lowest BCUT2D eigenvalue weighted by atomic mass is 9.85. The van der Waals surface area contributed by atoms with E-state index in [-0.39, 0.29) is 17.1 Å². The van der Waals surface area contributed by atoms with Crippen molar-refractivity contribution in [2.24, 2.45) is 0 Å². The van der Waals surface area contributed by atoms with E-state index in [1.54, 1.807) is 0 Å². The Morgan fingerprint density at radius 1 is 1.29 bits per heavy atom. The maximum absolute atomic E-state index is 11.8. The molecule has 1 aromatic carbocycles. The molecule has 4 nitrogen and oxygen atoms in total. The van der Waals surface area contributed by atoms with E-state index in [0.717, 1.165) is 12.0 Å². The van der Waals surface area contributed by atoms with Crippen molar-refractivity contribution in [1.82, 2.24) is 0 Å². The number of Topliss-reactive ketones (excluding diaryl/α,β-unsaturated/α-hetero) is 1. The molecule has 2 rings (SSSR count). The third-order valence-electron chi connectivity index (χ3n) is 2.95. The van der Waals surface area contributed by atoms with Crippen LogP contribution >= 0.6 is 0 Å². The van der Waals surface area contributed by atoms with Gasteiger partial charge in [0, 0.05) is 12.0 Å². The Kier molecular flexibility index (Phi) is 2.80. The van der Waals surface area contributed by atoms with Crippen molar-refractivity contribution in [2.75, 3.05) is 7.11 Å². The predicted molar refractivity (Wildman–Crippen MR) is 59.7 cm³/mol. The number of ether oxygens (including phenoxy) is 1. The van der Waals surface area contributed by atoms with Gasteiger partial charge in [0.1, 0.15) is 12.1 Å². The van der Waals surface area contributed by atoms with Crippen LogP contribution in [0.5, 0.6) is 5.75 Å². The number of carbonyl (C=O) groups excluding carboxylic acids is 1. The summed E-state index contributed by atoms with van der Waals surface area (Å²) in [6.07, 6.45) is 1.91. The van der Waals surface area contributed by atoms with Crippen LogP contribution in [0.3, 0.4) is 0 Å². The zero-order valence-electron chi connectivity index (χ0n) is 9.41. The van der Waals surface area contributed by atoms with E-state index >= 15 is 0 Å². The molecule has 84 valence electrons. The minimum atomic E-state index is 0.00176. The minimum absolute atomic E-state index is 0.00176. The topological polar surface area (TPSA) is 73.9 Å². The van der Waals surface area contributed by atoms with Crippen molar-refractivity contribution in [2.45, 2.75) is 19.3 Å². The Balaban J connectivity index is 2.80. The standard InChI is InChI=1S/C13H10N2O2/c1-17-13-8(6-14)5-10-9(11(13)7-15)3-2-4-12(10)16/h5H,2-4H2,1H3. The highest BCUT2D eigenvalue weighted by atomic mass is 16.5. The van der Waals surface area contributed by atoms with Crippen LogP contribution in [0.4, 0.5) is 0 Å². The van der Waals surface area contributed by atoms with Gasteiger partial charge in [-0.25, -0.2) is 0 Å². The van der Waals surface area contributed by atoms with Gasteiger partial charge in [-0.15, -0.1) is 0 Å². The van der Waals surface area contributed by atoms with Gasteiger partial charge < -0.3 is 4.74 Å². The fourth-order valence-electron chi connectivity index (χ4n) is 2.19. The van der Waals surface area contributed by atoms with Gasteiger partial charge in [0.05, 0.1) is 18.2 Å². The summed E-state index contributed by atoms with van der Waals surface area (Å²) in [4.78, 5) is 11.8. The third-order valence-corrected chi connectivity index (χ3v) is 2.95. The highest BCUT2D eigenvalue weighted by Gasteiger charge is 2.25. The van der Waals surface area contributed by atoms with Gasteiger partial charge in [-0.3, -0.25) is 4.79 Å². The smallest absolute Gasteiger partial charge is 0.163 e. The molecule has 0 heterocycles. The summed E-state index contributed by atoms with van der Waals surface area (Å²) in [6.45, 7) is 0. The second-order valence-electron chi connectivity index (χ2n) is 3.86. The van der Waals surface area contributed by atoms with Crippen molar-refractivity contribution in [3.05, 3.63) is 28.3 Å². The van der Waals surface area contributed by atoms with E-state index in [1.807, 2.05) is 12.1 Å². The van der Waals surface area contributed by atoms with Crippen LogP contribution in [-0.4, -0.2) is 12.9 Å². The molecular formula is C13H10N2O2. The number of nitriles is 2. The molecule has 0 spiro atoms. The molecule has 0 aromatic heterocycles. The summed E-state index contributed by atoms with van der Waals surface area (Å²) >= 11 is 0. The number of fused-ring (bicyclic) bond motifs is 1. The summed E-state index contributed by atoms with van der Waals surface area (Å²) in [7, 11) is 1.42. The van der Waals surface area contributed by atoms with Crippen LogP contribution in [0.25, 0.3) is 0 Å². The second-order valence-corrected chi connectivity index (χ2v) is 3.86. The second kappa shape index (κ2) is 4.27. The molecule has 0 bridgehead atoms. The van der Waals surface area contributed by atoms with E-state index in [1.165, 1.54) is 13.2 Å². The molecule has 0 fully saturated rings. The van der Waals surface area contributed by atoms with Crippen molar-refractivity contribution in [3.63, 3.8) is 0 Å². The molecule has 0 saturated carbocycles. The molecule has 0 saturated heterocycles. The van der Waals surface area contributed by atoms with Crippen molar-refractivity contribution >= 4 is 5.78 Å². The van der Waals surface area contributed by atoms with Crippen LogP contribution in [-0.2, 0) is 6.42 Å². The molecule has 1 aromatic rings. The van der Waals surface area contributed by atoms with Gasteiger partial charge in [-0.05, 0) is 24.5 Å². The van der Waals surface area contributed by atoms with Crippen molar-refractivity contribution in [1.29, 1.82) is 10.5 Å². The predicted octanol–water partition coefficient (Wildman–Crippen LogP) is 1.96. The first kappa shape index (κ1) is 11.2. The van der Waals surface area contributed by atoms with E-state index in [2.05, 4.69) is 0 Å². The Morgan fingerprint density at radius 3 is 2.65 bits per heavy atom. The van der Waals surface area contributed by atoms with Gasteiger partial charge in [-0.2, -0.15) is 10.5 Å². The average molecular weight is 226 g/mol. The molecule has 1 aliphatic carbocycles. The first-order chi connectivity index (χ1) is 8.22. The van der Waals surface area contributed by atoms with Crippen molar-refractivity contribution in [3.8, 4) is 17.9 Å². The number of nitrogens with zero attached hydrogens (tertiary/aromatic N) is 2. The third kappa shape index (κ3) is 1.64. The maximum atomic E-state index is 11.8. The Hall–Kier alpha value is -2.33. The minimum Gasteiger partial charge on any atom is -0.494 e. The molecule has 1 aliphatic rings. The van der Waals surface area contributed by atoms with Gasteiger partial charge in [0.25, 0.3) is 0 Å². The zero-order valence-corrected chi connectivity index (χ0v) is 9.41. The lowest BCUT2D eigenvalue weighted by Gasteiger charge is -2.18. The van der Waals surface area contributed by atoms with E-state index in [0.29, 0.717) is 24.0 Å². The fraction of sp³-hybridized carbons (Fsp3) is 0.308. The highest BCUT2D eigenvalue weighted by Crippen LogP contribution is 2.33. The van der Waals surface area contributed by atoms with Gasteiger partial charge in [0.15, 0.2) is 11.5 Å². The Bertz CT molecular complexity index is 577. The summed E-state index contributed by atoms with van der Waals surface area (Å²) < 4.78 is 5.10. The number of hydrogen-bond donors (Lipinski definition) is 0. The summed E-state index contributed by atoms with van der Waals surface area (Å²) in [5.74, 6) is 0.283. The normalized spacial score (nSPS) is 13.5. The number of benzene rings is 1. The summed E-state index contributed by atoms with van der Waals surface area (Å²) in [5, 5.41) is 18.2. The van der Waals surface area contributed by atoms with E-state index < -0.39 is 0 Å². The van der Waals surface area contributed by atoms with Gasteiger partial charge in [-0.1, -0.05) is 0 Å².